The average Bonchev–Trinajstić information content (AvgIpc) is 2.29. The van der Waals surface area contributed by atoms with Crippen molar-refractivity contribution in [2.75, 3.05) is 13.2 Å². The lowest BCUT2D eigenvalue weighted by Crippen LogP contribution is -2.43. The summed E-state index contributed by atoms with van der Waals surface area (Å²) in [6.45, 7) is 3.68. The molecule has 0 aromatic heterocycles. The Balaban J connectivity index is 2.20. The Morgan fingerprint density at radius 1 is 1.53 bits per heavy atom. The number of hydrogen-bond donors (Lipinski definition) is 1. The minimum atomic E-state index is -0.198. The molecule has 1 aromatic carbocycles. The number of rotatable bonds is 2. The summed E-state index contributed by atoms with van der Waals surface area (Å²) in [6, 6.07) is 6.96. The van der Waals surface area contributed by atoms with Gasteiger partial charge >= 0.3 is 0 Å². The smallest absolute Gasteiger partial charge is 0.123 e. The van der Waals surface area contributed by atoms with E-state index in [1.54, 1.807) is 12.1 Å². The normalized spacial score (nSPS) is 26.5. The Morgan fingerprint density at radius 2 is 2.40 bits per heavy atom. The van der Waals surface area contributed by atoms with Crippen molar-refractivity contribution < 1.29 is 9.13 Å². The van der Waals surface area contributed by atoms with Gasteiger partial charge in [-0.15, -0.1) is 0 Å². The van der Waals surface area contributed by atoms with Crippen molar-refractivity contribution in [1.29, 1.82) is 0 Å². The molecule has 0 aliphatic carbocycles. The summed E-state index contributed by atoms with van der Waals surface area (Å²) < 4.78 is 18.8. The summed E-state index contributed by atoms with van der Waals surface area (Å²) in [5.74, 6) is -0.198. The molecule has 2 nitrogen and oxygen atoms in total. The first-order valence-corrected chi connectivity index (χ1v) is 5.41. The van der Waals surface area contributed by atoms with Crippen LogP contribution in [-0.2, 0) is 4.74 Å². The number of halogens is 1. The lowest BCUT2D eigenvalue weighted by atomic mass is 9.99. The molecule has 1 aliphatic heterocycles. The molecule has 1 heterocycles. The van der Waals surface area contributed by atoms with Crippen molar-refractivity contribution in [1.82, 2.24) is 5.32 Å². The molecule has 3 heteroatoms. The highest BCUT2D eigenvalue weighted by Crippen LogP contribution is 2.25. The molecule has 0 bridgehead atoms. The quantitative estimate of drug-likeness (QED) is 0.806. The van der Waals surface area contributed by atoms with Crippen molar-refractivity contribution in [2.24, 2.45) is 0 Å². The number of morpholine rings is 1. The molecule has 1 fully saturated rings. The van der Waals surface area contributed by atoms with Gasteiger partial charge in [-0.25, -0.2) is 4.39 Å². The molecule has 1 N–H and O–H groups in total. The van der Waals surface area contributed by atoms with E-state index < -0.39 is 0 Å². The molecule has 0 spiro atoms. The molecule has 0 saturated carbocycles. The lowest BCUT2D eigenvalue weighted by molar-refractivity contribution is -0.00656. The maximum Gasteiger partial charge on any atom is 0.123 e. The van der Waals surface area contributed by atoms with E-state index in [-0.39, 0.29) is 11.9 Å². The van der Waals surface area contributed by atoms with Crippen LogP contribution < -0.4 is 5.32 Å². The largest absolute Gasteiger partial charge is 0.371 e. The van der Waals surface area contributed by atoms with Crippen molar-refractivity contribution in [3.8, 4) is 0 Å². The van der Waals surface area contributed by atoms with Gasteiger partial charge in [-0.1, -0.05) is 19.1 Å². The zero-order chi connectivity index (χ0) is 10.7. The van der Waals surface area contributed by atoms with E-state index in [4.69, 9.17) is 4.74 Å². The van der Waals surface area contributed by atoms with Crippen molar-refractivity contribution in [3.63, 3.8) is 0 Å². The predicted molar refractivity (Wildman–Crippen MR) is 57.2 cm³/mol. The van der Waals surface area contributed by atoms with E-state index in [0.29, 0.717) is 12.6 Å². The summed E-state index contributed by atoms with van der Waals surface area (Å²) in [6.07, 6.45) is 0.973. The summed E-state index contributed by atoms with van der Waals surface area (Å²) >= 11 is 0. The first-order chi connectivity index (χ1) is 7.31. The lowest BCUT2D eigenvalue weighted by Gasteiger charge is -2.32. The van der Waals surface area contributed by atoms with Crippen LogP contribution in [-0.4, -0.2) is 19.2 Å². The van der Waals surface area contributed by atoms with Crippen LogP contribution in [0.5, 0.6) is 0 Å². The van der Waals surface area contributed by atoms with Gasteiger partial charge in [0.1, 0.15) is 5.82 Å². The topological polar surface area (TPSA) is 21.3 Å². The van der Waals surface area contributed by atoms with Crippen LogP contribution in [0.25, 0.3) is 0 Å². The van der Waals surface area contributed by atoms with Crippen LogP contribution in [0.3, 0.4) is 0 Å². The molecular weight excluding hydrogens is 193 g/mol. The third-order valence-electron chi connectivity index (χ3n) is 2.79. The number of ether oxygens (including phenoxy) is 1. The number of nitrogens with one attached hydrogen (secondary N) is 1. The summed E-state index contributed by atoms with van der Waals surface area (Å²) in [4.78, 5) is 0. The molecule has 2 atom stereocenters. The molecule has 1 saturated heterocycles. The first-order valence-electron chi connectivity index (χ1n) is 5.41. The highest BCUT2D eigenvalue weighted by atomic mass is 19.1. The maximum absolute atomic E-state index is 13.1. The third-order valence-corrected chi connectivity index (χ3v) is 2.79. The van der Waals surface area contributed by atoms with Crippen LogP contribution in [0.2, 0.25) is 0 Å². The fourth-order valence-electron chi connectivity index (χ4n) is 2.02. The van der Waals surface area contributed by atoms with Gasteiger partial charge < -0.3 is 10.1 Å². The second-order valence-electron chi connectivity index (χ2n) is 3.82. The first kappa shape index (κ1) is 10.6. The molecule has 15 heavy (non-hydrogen) atoms. The fourth-order valence-corrected chi connectivity index (χ4v) is 2.02. The van der Waals surface area contributed by atoms with Gasteiger partial charge in [0.25, 0.3) is 0 Å². The summed E-state index contributed by atoms with van der Waals surface area (Å²) in [5.41, 5.74) is 0.925. The molecule has 1 aliphatic rings. The monoisotopic (exact) mass is 209 g/mol. The molecule has 2 unspecified atom stereocenters. The van der Waals surface area contributed by atoms with E-state index >= 15 is 0 Å². The highest BCUT2D eigenvalue weighted by molar-refractivity contribution is 5.20. The van der Waals surface area contributed by atoms with Gasteiger partial charge in [-0.2, -0.15) is 0 Å². The minimum absolute atomic E-state index is 0.0144. The molecule has 1 aromatic rings. The van der Waals surface area contributed by atoms with Crippen LogP contribution >= 0.6 is 0 Å². The zero-order valence-corrected chi connectivity index (χ0v) is 8.87. The Bertz CT molecular complexity index is 329. The van der Waals surface area contributed by atoms with Crippen molar-refractivity contribution in [3.05, 3.63) is 35.6 Å². The summed E-state index contributed by atoms with van der Waals surface area (Å²) in [5, 5.41) is 3.39. The molecule has 0 radical (unpaired) electrons. The van der Waals surface area contributed by atoms with Crippen LogP contribution in [0.15, 0.2) is 24.3 Å². The van der Waals surface area contributed by atoms with Crippen molar-refractivity contribution >= 4 is 0 Å². The Morgan fingerprint density at radius 3 is 3.13 bits per heavy atom. The predicted octanol–water partition coefficient (Wildman–Crippen LogP) is 2.27. The second-order valence-corrected chi connectivity index (χ2v) is 3.82. The zero-order valence-electron chi connectivity index (χ0n) is 8.87. The maximum atomic E-state index is 13.1. The standard InChI is InChI=1S/C12H16FNO/c1-2-11-12(15-7-6-14-11)9-4-3-5-10(13)8-9/h3-5,8,11-12,14H,2,6-7H2,1H3. The molecule has 82 valence electrons. The van der Waals surface area contributed by atoms with Gasteiger partial charge in [0.05, 0.1) is 12.7 Å². The Labute approximate surface area is 89.4 Å². The number of hydrogen-bond acceptors (Lipinski definition) is 2. The van der Waals surface area contributed by atoms with Gasteiger partial charge in [-0.3, -0.25) is 0 Å². The van der Waals surface area contributed by atoms with Crippen LogP contribution in [0.4, 0.5) is 4.39 Å². The Hall–Kier alpha value is -0.930. The molecule has 2 rings (SSSR count). The SMILES string of the molecule is CCC1NCCOC1c1cccc(F)c1. The third kappa shape index (κ3) is 2.36. The molecule has 0 amide bonds. The van der Waals surface area contributed by atoms with Gasteiger partial charge in [0.2, 0.25) is 0 Å². The average molecular weight is 209 g/mol. The van der Waals surface area contributed by atoms with Gasteiger partial charge in [0.15, 0.2) is 0 Å². The van der Waals surface area contributed by atoms with E-state index in [2.05, 4.69) is 12.2 Å². The van der Waals surface area contributed by atoms with Gasteiger partial charge in [0, 0.05) is 12.6 Å². The van der Waals surface area contributed by atoms with Crippen molar-refractivity contribution in [2.45, 2.75) is 25.5 Å². The van der Waals surface area contributed by atoms with Crippen LogP contribution in [0, 0.1) is 5.82 Å². The Kier molecular flexibility index (Phi) is 3.34. The summed E-state index contributed by atoms with van der Waals surface area (Å²) in [7, 11) is 0. The van der Waals surface area contributed by atoms with E-state index in [1.165, 1.54) is 6.07 Å². The minimum Gasteiger partial charge on any atom is -0.371 e. The number of benzene rings is 1. The molecular formula is C12H16FNO. The van der Waals surface area contributed by atoms with Crippen LogP contribution in [0.1, 0.15) is 25.0 Å². The van der Waals surface area contributed by atoms with E-state index in [0.717, 1.165) is 18.5 Å². The van der Waals surface area contributed by atoms with E-state index in [1.807, 2.05) is 6.07 Å². The fraction of sp³-hybridized carbons (Fsp3) is 0.500. The second kappa shape index (κ2) is 4.73. The van der Waals surface area contributed by atoms with Gasteiger partial charge in [-0.05, 0) is 24.1 Å². The van der Waals surface area contributed by atoms with E-state index in [9.17, 15) is 4.39 Å². The highest BCUT2D eigenvalue weighted by Gasteiger charge is 2.25.